The van der Waals surface area contributed by atoms with Gasteiger partial charge in [-0.2, -0.15) is 5.10 Å². The highest BCUT2D eigenvalue weighted by Gasteiger charge is 2.27. The molecule has 3 heterocycles. The van der Waals surface area contributed by atoms with Crippen molar-refractivity contribution in [2.45, 2.75) is 38.3 Å². The van der Waals surface area contributed by atoms with Gasteiger partial charge in [0.1, 0.15) is 11.9 Å². The first-order valence-electron chi connectivity index (χ1n) is 8.25. The van der Waals surface area contributed by atoms with Crippen LogP contribution >= 0.6 is 0 Å². The van der Waals surface area contributed by atoms with Crippen molar-refractivity contribution in [3.63, 3.8) is 0 Å². The molecule has 2 aromatic heterocycles. The summed E-state index contributed by atoms with van der Waals surface area (Å²) in [6.07, 6.45) is 5.90. The molecule has 24 heavy (non-hydrogen) atoms. The highest BCUT2D eigenvalue weighted by molar-refractivity contribution is 5.88. The van der Waals surface area contributed by atoms with Crippen LogP contribution in [-0.4, -0.2) is 38.0 Å². The quantitative estimate of drug-likeness (QED) is 0.893. The van der Waals surface area contributed by atoms with Gasteiger partial charge < -0.3 is 14.6 Å². The van der Waals surface area contributed by atoms with Gasteiger partial charge in [-0.25, -0.2) is 9.78 Å². The van der Waals surface area contributed by atoms with Gasteiger partial charge in [0, 0.05) is 32.8 Å². The molecule has 0 saturated carbocycles. The lowest BCUT2D eigenvalue weighted by atomic mass is 10.0. The largest absolute Gasteiger partial charge is 0.372 e. The van der Waals surface area contributed by atoms with Crippen LogP contribution in [0.25, 0.3) is 0 Å². The van der Waals surface area contributed by atoms with Crippen molar-refractivity contribution in [2.24, 2.45) is 14.1 Å². The number of urea groups is 1. The Kier molecular flexibility index (Phi) is 4.84. The summed E-state index contributed by atoms with van der Waals surface area (Å²) in [5.74, 6) is 0.694. The lowest BCUT2D eigenvalue weighted by Gasteiger charge is -2.30. The number of aromatic nitrogens is 4. The van der Waals surface area contributed by atoms with Crippen LogP contribution in [0.3, 0.4) is 0 Å². The van der Waals surface area contributed by atoms with E-state index in [-0.39, 0.29) is 18.2 Å². The maximum atomic E-state index is 12.3. The van der Waals surface area contributed by atoms with Gasteiger partial charge >= 0.3 is 6.03 Å². The second-order valence-electron chi connectivity index (χ2n) is 6.11. The summed E-state index contributed by atoms with van der Waals surface area (Å²) in [6, 6.07) is 1.75. The molecule has 2 aromatic rings. The number of nitrogens with one attached hydrogen (secondary N) is 2. The number of hydrogen-bond acceptors (Lipinski definition) is 4. The van der Waals surface area contributed by atoms with Gasteiger partial charge in [0.2, 0.25) is 0 Å². The minimum Gasteiger partial charge on any atom is -0.372 e. The zero-order chi connectivity index (χ0) is 17.1. The fraction of sp³-hybridized carbons (Fsp3) is 0.562. The van der Waals surface area contributed by atoms with Crippen LogP contribution in [0.2, 0.25) is 0 Å². The predicted octanol–water partition coefficient (Wildman–Crippen LogP) is 1.76. The molecule has 0 spiro atoms. The standard InChI is InChI=1S/C16H24N6O2/c1-4-11-8-15(22(3)20-11)19-16(23)18-12-5-6-24-14(7-12)13-9-17-10-21(13)2/h8-10,12,14H,4-7H2,1-3H3,(H2,18,19,23)/t12-,14-/m0/s1. The first-order chi connectivity index (χ1) is 11.6. The van der Waals surface area contributed by atoms with Crippen LogP contribution in [0.5, 0.6) is 0 Å². The molecule has 1 saturated heterocycles. The number of carbonyl (C=O) groups excluding carboxylic acids is 1. The third-order valence-electron chi connectivity index (χ3n) is 4.34. The Balaban J connectivity index is 1.58. The second kappa shape index (κ2) is 7.04. The summed E-state index contributed by atoms with van der Waals surface area (Å²) < 4.78 is 9.46. The normalized spacial score (nSPS) is 20.8. The molecule has 2 atom stereocenters. The molecule has 0 unspecified atom stereocenters. The van der Waals surface area contributed by atoms with Crippen LogP contribution < -0.4 is 10.6 Å². The van der Waals surface area contributed by atoms with Crippen LogP contribution in [-0.2, 0) is 25.3 Å². The Morgan fingerprint density at radius 1 is 1.46 bits per heavy atom. The van der Waals surface area contributed by atoms with E-state index in [0.717, 1.165) is 30.7 Å². The van der Waals surface area contributed by atoms with Crippen molar-refractivity contribution < 1.29 is 9.53 Å². The van der Waals surface area contributed by atoms with E-state index in [0.29, 0.717) is 12.4 Å². The van der Waals surface area contributed by atoms with Crippen LogP contribution in [0.4, 0.5) is 10.6 Å². The summed E-state index contributed by atoms with van der Waals surface area (Å²) in [6.45, 7) is 2.65. The third-order valence-corrected chi connectivity index (χ3v) is 4.34. The van der Waals surface area contributed by atoms with Gasteiger partial charge in [0.05, 0.1) is 23.9 Å². The molecule has 130 valence electrons. The highest BCUT2D eigenvalue weighted by Crippen LogP contribution is 2.27. The van der Waals surface area contributed by atoms with Crippen molar-refractivity contribution >= 4 is 11.8 Å². The monoisotopic (exact) mass is 332 g/mol. The van der Waals surface area contributed by atoms with E-state index in [1.54, 1.807) is 11.0 Å². The number of carbonyl (C=O) groups is 1. The third kappa shape index (κ3) is 3.59. The van der Waals surface area contributed by atoms with Crippen molar-refractivity contribution in [1.82, 2.24) is 24.6 Å². The smallest absolute Gasteiger partial charge is 0.320 e. The zero-order valence-corrected chi connectivity index (χ0v) is 14.3. The van der Waals surface area contributed by atoms with Gasteiger partial charge in [0.15, 0.2) is 0 Å². The molecule has 2 N–H and O–H groups in total. The number of aryl methyl sites for hydroxylation is 3. The molecule has 0 bridgehead atoms. The molecule has 2 amide bonds. The zero-order valence-electron chi connectivity index (χ0n) is 14.3. The Morgan fingerprint density at radius 2 is 2.29 bits per heavy atom. The summed E-state index contributed by atoms with van der Waals surface area (Å²) in [4.78, 5) is 16.4. The first-order valence-corrected chi connectivity index (χ1v) is 8.25. The van der Waals surface area contributed by atoms with Crippen molar-refractivity contribution in [3.8, 4) is 0 Å². The maximum Gasteiger partial charge on any atom is 0.320 e. The molecule has 1 aliphatic heterocycles. The molecule has 8 heteroatoms. The average Bonchev–Trinajstić information content (AvgIpc) is 3.13. The molecule has 1 aliphatic rings. The number of ether oxygens (including phenoxy) is 1. The van der Waals surface area contributed by atoms with E-state index < -0.39 is 0 Å². The minimum atomic E-state index is -0.212. The van der Waals surface area contributed by atoms with E-state index in [9.17, 15) is 4.79 Å². The fourth-order valence-electron chi connectivity index (χ4n) is 2.97. The predicted molar refractivity (Wildman–Crippen MR) is 89.7 cm³/mol. The van der Waals surface area contributed by atoms with Crippen LogP contribution in [0.15, 0.2) is 18.6 Å². The topological polar surface area (TPSA) is 86.0 Å². The van der Waals surface area contributed by atoms with Crippen molar-refractivity contribution in [3.05, 3.63) is 30.0 Å². The molecule has 1 fully saturated rings. The van der Waals surface area contributed by atoms with E-state index in [4.69, 9.17) is 4.74 Å². The molecular formula is C16H24N6O2. The minimum absolute atomic E-state index is 0.0417. The number of anilines is 1. The highest BCUT2D eigenvalue weighted by atomic mass is 16.5. The summed E-state index contributed by atoms with van der Waals surface area (Å²) >= 11 is 0. The SMILES string of the molecule is CCc1cc(NC(=O)N[C@H]2CCO[C@H](c3cncn3C)C2)n(C)n1. The Bertz CT molecular complexity index is 707. The molecule has 8 nitrogen and oxygen atoms in total. The molecule has 0 aliphatic carbocycles. The first kappa shape index (κ1) is 16.5. The van der Waals surface area contributed by atoms with Crippen LogP contribution in [0.1, 0.15) is 37.3 Å². The number of nitrogens with zero attached hydrogens (tertiary/aromatic N) is 4. The van der Waals surface area contributed by atoms with Gasteiger partial charge in [-0.05, 0) is 19.3 Å². The number of hydrogen-bond donors (Lipinski definition) is 2. The maximum absolute atomic E-state index is 12.3. The Hall–Kier alpha value is -2.35. The van der Waals surface area contributed by atoms with Gasteiger partial charge in [0.25, 0.3) is 0 Å². The van der Waals surface area contributed by atoms with Crippen molar-refractivity contribution in [2.75, 3.05) is 11.9 Å². The van der Waals surface area contributed by atoms with Crippen LogP contribution in [0, 0.1) is 0 Å². The van der Waals surface area contributed by atoms with E-state index in [2.05, 4.69) is 20.7 Å². The average molecular weight is 332 g/mol. The molecular weight excluding hydrogens is 308 g/mol. The van der Waals surface area contributed by atoms with E-state index >= 15 is 0 Å². The molecule has 0 aromatic carbocycles. The second-order valence-corrected chi connectivity index (χ2v) is 6.11. The van der Waals surface area contributed by atoms with E-state index in [1.165, 1.54) is 0 Å². The van der Waals surface area contributed by atoms with Gasteiger partial charge in [-0.15, -0.1) is 0 Å². The lowest BCUT2D eigenvalue weighted by molar-refractivity contribution is -0.00151. The van der Waals surface area contributed by atoms with Gasteiger partial charge in [-0.1, -0.05) is 6.92 Å². The van der Waals surface area contributed by atoms with Crippen molar-refractivity contribution in [1.29, 1.82) is 0 Å². The lowest BCUT2D eigenvalue weighted by Crippen LogP contribution is -2.42. The number of amides is 2. The number of imidazole rings is 1. The molecule has 3 rings (SSSR count). The van der Waals surface area contributed by atoms with Gasteiger partial charge in [-0.3, -0.25) is 10.00 Å². The van der Waals surface area contributed by atoms with E-state index in [1.807, 2.05) is 37.8 Å². The summed E-state index contributed by atoms with van der Waals surface area (Å²) in [5, 5.41) is 10.2. The Labute approximate surface area is 141 Å². The summed E-state index contributed by atoms with van der Waals surface area (Å²) in [5.41, 5.74) is 1.98. The molecule has 0 radical (unpaired) electrons. The fourth-order valence-corrected chi connectivity index (χ4v) is 2.97. The Morgan fingerprint density at radius 3 is 2.96 bits per heavy atom. The summed E-state index contributed by atoms with van der Waals surface area (Å²) in [7, 11) is 3.77. The number of rotatable bonds is 4.